The first-order chi connectivity index (χ1) is 11.9. The zero-order valence-corrected chi connectivity index (χ0v) is 15.3. The van der Waals surface area contributed by atoms with E-state index in [-0.39, 0.29) is 12.5 Å². The van der Waals surface area contributed by atoms with Crippen molar-refractivity contribution in [1.29, 1.82) is 0 Å². The second kappa shape index (κ2) is 7.11. The van der Waals surface area contributed by atoms with Crippen molar-refractivity contribution in [3.8, 4) is 5.75 Å². The van der Waals surface area contributed by atoms with Crippen LogP contribution in [-0.2, 0) is 4.79 Å². The van der Waals surface area contributed by atoms with Crippen LogP contribution in [0.25, 0.3) is 11.0 Å². The Morgan fingerprint density at radius 1 is 1.16 bits per heavy atom. The van der Waals surface area contributed by atoms with Crippen molar-refractivity contribution in [3.63, 3.8) is 0 Å². The van der Waals surface area contributed by atoms with Crippen LogP contribution in [0.4, 0.5) is 5.69 Å². The molecule has 2 aromatic carbocycles. The Hall–Kier alpha value is -2.60. The molecule has 25 heavy (non-hydrogen) atoms. The van der Waals surface area contributed by atoms with E-state index in [1.807, 2.05) is 32.0 Å². The van der Waals surface area contributed by atoms with Gasteiger partial charge in [-0.05, 0) is 65.2 Å². The molecule has 3 rings (SSSR count). The number of hydrogen-bond donors (Lipinski definition) is 1. The number of hydrogen-bond acceptors (Lipinski definition) is 4. The summed E-state index contributed by atoms with van der Waals surface area (Å²) in [5.41, 5.74) is 2.63. The van der Waals surface area contributed by atoms with Crippen molar-refractivity contribution in [1.82, 2.24) is 0 Å². The van der Waals surface area contributed by atoms with Gasteiger partial charge in [-0.1, -0.05) is 6.07 Å². The zero-order valence-electron chi connectivity index (χ0n) is 13.8. The van der Waals surface area contributed by atoms with Crippen molar-refractivity contribution in [2.75, 3.05) is 11.9 Å². The molecule has 0 saturated heterocycles. The average molecular weight is 402 g/mol. The van der Waals surface area contributed by atoms with E-state index in [0.717, 1.165) is 21.0 Å². The molecule has 0 atom stereocenters. The normalized spacial score (nSPS) is 10.7. The van der Waals surface area contributed by atoms with Crippen LogP contribution in [0, 0.1) is 13.8 Å². The van der Waals surface area contributed by atoms with Crippen LogP contribution in [0.5, 0.6) is 5.75 Å². The van der Waals surface area contributed by atoms with E-state index >= 15 is 0 Å². The molecule has 128 valence electrons. The Morgan fingerprint density at radius 2 is 1.96 bits per heavy atom. The van der Waals surface area contributed by atoms with Crippen LogP contribution in [0.3, 0.4) is 0 Å². The molecule has 0 saturated carbocycles. The second-order valence-electron chi connectivity index (χ2n) is 5.73. The first-order valence-electron chi connectivity index (χ1n) is 7.66. The number of carbonyl (C=O) groups excluding carboxylic acids is 1. The summed E-state index contributed by atoms with van der Waals surface area (Å²) in [4.78, 5) is 23.5. The lowest BCUT2D eigenvalue weighted by Crippen LogP contribution is -2.20. The van der Waals surface area contributed by atoms with Crippen LogP contribution >= 0.6 is 15.9 Å². The third kappa shape index (κ3) is 4.09. The highest BCUT2D eigenvalue weighted by atomic mass is 79.9. The molecule has 0 spiro atoms. The van der Waals surface area contributed by atoms with Crippen molar-refractivity contribution >= 4 is 38.5 Å². The fourth-order valence-electron chi connectivity index (χ4n) is 2.45. The molecule has 0 aliphatic heterocycles. The van der Waals surface area contributed by atoms with Gasteiger partial charge >= 0.3 is 5.63 Å². The van der Waals surface area contributed by atoms with E-state index in [4.69, 9.17) is 9.15 Å². The van der Waals surface area contributed by atoms with E-state index in [1.54, 1.807) is 18.2 Å². The lowest BCUT2D eigenvalue weighted by Gasteiger charge is -2.10. The standard InChI is InChI=1S/C19H16BrNO4/c1-11-3-6-16(15(20)7-11)21-18(22)10-24-13-4-5-14-12(2)8-19(23)25-17(14)9-13/h3-9H,10H2,1-2H3,(H,21,22). The van der Waals surface area contributed by atoms with Crippen molar-refractivity contribution in [3.05, 3.63) is 68.5 Å². The Kier molecular flexibility index (Phi) is 4.90. The Morgan fingerprint density at radius 3 is 2.72 bits per heavy atom. The number of amides is 1. The number of nitrogens with one attached hydrogen (secondary N) is 1. The largest absolute Gasteiger partial charge is 0.484 e. The van der Waals surface area contributed by atoms with Gasteiger partial charge in [0.25, 0.3) is 5.91 Å². The maximum atomic E-state index is 12.1. The van der Waals surface area contributed by atoms with Crippen molar-refractivity contribution in [2.24, 2.45) is 0 Å². The maximum Gasteiger partial charge on any atom is 0.336 e. The molecule has 3 aromatic rings. The topological polar surface area (TPSA) is 68.5 Å². The van der Waals surface area contributed by atoms with Gasteiger partial charge in [0, 0.05) is 22.0 Å². The van der Waals surface area contributed by atoms with Crippen LogP contribution in [0.15, 0.2) is 56.1 Å². The van der Waals surface area contributed by atoms with Crippen LogP contribution in [-0.4, -0.2) is 12.5 Å². The van der Waals surface area contributed by atoms with E-state index in [9.17, 15) is 9.59 Å². The third-order valence-electron chi connectivity index (χ3n) is 3.69. The number of benzene rings is 2. The summed E-state index contributed by atoms with van der Waals surface area (Å²) in [6, 6.07) is 12.3. The molecule has 0 aliphatic carbocycles. The van der Waals surface area contributed by atoms with Gasteiger partial charge in [0.2, 0.25) is 0 Å². The molecule has 0 fully saturated rings. The number of fused-ring (bicyclic) bond motifs is 1. The predicted octanol–water partition coefficient (Wildman–Crippen LogP) is 4.19. The van der Waals surface area contributed by atoms with Crippen LogP contribution in [0.1, 0.15) is 11.1 Å². The molecule has 5 nitrogen and oxygen atoms in total. The summed E-state index contributed by atoms with van der Waals surface area (Å²) < 4.78 is 11.5. The highest BCUT2D eigenvalue weighted by Gasteiger charge is 2.08. The molecule has 0 bridgehead atoms. The fourth-order valence-corrected chi connectivity index (χ4v) is 3.04. The zero-order chi connectivity index (χ0) is 18.0. The number of anilines is 1. The Bertz CT molecular complexity index is 1010. The van der Waals surface area contributed by atoms with Crippen molar-refractivity contribution < 1.29 is 13.9 Å². The fraction of sp³-hybridized carbons (Fsp3) is 0.158. The van der Waals surface area contributed by atoms with Gasteiger partial charge in [0.05, 0.1) is 5.69 Å². The van der Waals surface area contributed by atoms with Gasteiger partial charge in [-0.2, -0.15) is 0 Å². The summed E-state index contributed by atoms with van der Waals surface area (Å²) in [5.74, 6) is 0.176. The van der Waals surface area contributed by atoms with Gasteiger partial charge in [0.1, 0.15) is 11.3 Å². The van der Waals surface area contributed by atoms with Gasteiger partial charge in [-0.3, -0.25) is 4.79 Å². The summed E-state index contributed by atoms with van der Waals surface area (Å²) in [6.45, 7) is 3.66. The third-order valence-corrected chi connectivity index (χ3v) is 4.35. The molecule has 0 aliphatic rings. The number of rotatable bonds is 4. The lowest BCUT2D eigenvalue weighted by molar-refractivity contribution is -0.118. The SMILES string of the molecule is Cc1ccc(NC(=O)COc2ccc3c(C)cc(=O)oc3c2)c(Br)c1. The number of carbonyl (C=O) groups is 1. The number of halogens is 1. The summed E-state index contributed by atoms with van der Waals surface area (Å²) in [7, 11) is 0. The summed E-state index contributed by atoms with van der Waals surface area (Å²) in [6.07, 6.45) is 0. The van der Waals surface area contributed by atoms with Gasteiger partial charge < -0.3 is 14.5 Å². The molecular weight excluding hydrogens is 386 g/mol. The van der Waals surface area contributed by atoms with Gasteiger partial charge in [0.15, 0.2) is 6.61 Å². The van der Waals surface area contributed by atoms with Crippen LogP contribution in [0.2, 0.25) is 0 Å². The van der Waals surface area contributed by atoms with Gasteiger partial charge in [-0.15, -0.1) is 0 Å². The molecular formula is C19H16BrNO4. The Labute approximate surface area is 152 Å². The maximum absolute atomic E-state index is 12.1. The van der Waals surface area contributed by atoms with E-state index in [1.165, 1.54) is 6.07 Å². The molecule has 0 unspecified atom stereocenters. The minimum absolute atomic E-state index is 0.151. The number of ether oxygens (including phenoxy) is 1. The smallest absolute Gasteiger partial charge is 0.336 e. The first-order valence-corrected chi connectivity index (χ1v) is 8.45. The molecule has 6 heteroatoms. The second-order valence-corrected chi connectivity index (χ2v) is 6.58. The monoisotopic (exact) mass is 401 g/mol. The summed E-state index contributed by atoms with van der Waals surface area (Å²) >= 11 is 3.41. The van der Waals surface area contributed by atoms with E-state index in [2.05, 4.69) is 21.2 Å². The molecule has 1 heterocycles. The van der Waals surface area contributed by atoms with Crippen molar-refractivity contribution in [2.45, 2.75) is 13.8 Å². The van der Waals surface area contributed by atoms with Gasteiger partial charge in [-0.25, -0.2) is 4.79 Å². The predicted molar refractivity (Wildman–Crippen MR) is 100 cm³/mol. The molecule has 1 amide bonds. The first kappa shape index (κ1) is 17.2. The minimum Gasteiger partial charge on any atom is -0.484 e. The highest BCUT2D eigenvalue weighted by molar-refractivity contribution is 9.10. The number of aryl methyl sites for hydroxylation is 2. The van der Waals surface area contributed by atoms with E-state index < -0.39 is 5.63 Å². The average Bonchev–Trinajstić information content (AvgIpc) is 2.55. The molecule has 0 radical (unpaired) electrons. The van der Waals surface area contributed by atoms with Crippen LogP contribution < -0.4 is 15.7 Å². The lowest BCUT2D eigenvalue weighted by atomic mass is 10.1. The Balaban J connectivity index is 1.69. The highest BCUT2D eigenvalue weighted by Crippen LogP contribution is 2.24. The molecule has 1 aromatic heterocycles. The minimum atomic E-state index is -0.413. The van der Waals surface area contributed by atoms with E-state index in [0.29, 0.717) is 17.0 Å². The molecule has 1 N–H and O–H groups in total. The quantitative estimate of drug-likeness (QED) is 0.665. The summed E-state index contributed by atoms with van der Waals surface area (Å²) in [5, 5.41) is 3.61.